The highest BCUT2D eigenvalue weighted by Gasteiger charge is 2.71. The van der Waals surface area contributed by atoms with Gasteiger partial charge in [-0.25, -0.2) is 0 Å². The maximum absolute atomic E-state index is 12.9. The Morgan fingerprint density at radius 3 is 2.29 bits per heavy atom. The summed E-state index contributed by atoms with van der Waals surface area (Å²) in [7, 11) is 4.33. The largest absolute Gasteiger partial charge is 0.379 e. The van der Waals surface area contributed by atoms with Crippen molar-refractivity contribution in [2.45, 2.75) is 17.4 Å². The van der Waals surface area contributed by atoms with Crippen molar-refractivity contribution in [1.82, 2.24) is 29.5 Å². The summed E-state index contributed by atoms with van der Waals surface area (Å²) < 4.78 is 5.79. The molecule has 8 nitrogen and oxygen atoms in total. The minimum atomic E-state index is -1.06. The minimum Gasteiger partial charge on any atom is -0.379 e. The highest BCUT2D eigenvalue weighted by Crippen LogP contribution is 2.53. The second-order valence-corrected chi connectivity index (χ2v) is 10.6. The van der Waals surface area contributed by atoms with Crippen molar-refractivity contribution in [2.24, 2.45) is 0 Å². The van der Waals surface area contributed by atoms with Crippen LogP contribution in [0, 0.1) is 0 Å². The van der Waals surface area contributed by atoms with Gasteiger partial charge in [-0.05, 0) is 26.2 Å². The predicted molar refractivity (Wildman–Crippen MR) is 124 cm³/mol. The Hall–Kier alpha value is -0.650. The molecule has 4 aliphatic heterocycles. The summed E-state index contributed by atoms with van der Waals surface area (Å²) in [5.41, 5.74) is 0.694. The number of nitrogens with one attached hydrogen (secondary N) is 1. The molecule has 3 atom stereocenters. The number of ether oxygens (including phenoxy) is 1. The molecule has 31 heavy (non-hydrogen) atoms. The number of likely N-dealkylation sites (tertiary alicyclic amines) is 1. The summed E-state index contributed by atoms with van der Waals surface area (Å²) >= 11 is 2.00. The van der Waals surface area contributed by atoms with Crippen LogP contribution in [0.25, 0.3) is 0 Å². The zero-order valence-corrected chi connectivity index (χ0v) is 19.8. The van der Waals surface area contributed by atoms with E-state index < -0.39 is 11.5 Å². The molecule has 2 N–H and O–H groups in total. The number of likely N-dealkylation sites (N-methyl/N-ethyl adjacent to an activating group) is 2. The van der Waals surface area contributed by atoms with E-state index in [1.54, 1.807) is 0 Å². The van der Waals surface area contributed by atoms with Crippen molar-refractivity contribution >= 4 is 11.8 Å². The fourth-order valence-electron chi connectivity index (χ4n) is 6.39. The molecule has 0 amide bonds. The van der Waals surface area contributed by atoms with E-state index in [0.29, 0.717) is 0 Å². The number of hydrogen-bond donors (Lipinski definition) is 2. The average Bonchev–Trinajstić information content (AvgIpc) is 3.42. The van der Waals surface area contributed by atoms with E-state index in [1.165, 1.54) is 5.69 Å². The number of thioether (sulfide) groups is 1. The van der Waals surface area contributed by atoms with Gasteiger partial charge in [0.1, 0.15) is 5.66 Å². The molecule has 174 valence electrons. The zero-order valence-electron chi connectivity index (χ0n) is 19.0. The lowest BCUT2D eigenvalue weighted by Gasteiger charge is -2.62. The first-order chi connectivity index (χ1) is 15.1. The topological polar surface area (TPSA) is 61.5 Å². The first kappa shape index (κ1) is 22.2. The second kappa shape index (κ2) is 8.95. The van der Waals surface area contributed by atoms with Gasteiger partial charge >= 0.3 is 0 Å². The van der Waals surface area contributed by atoms with Crippen LogP contribution < -0.4 is 0 Å². The number of hydrogen-bond acceptors (Lipinski definition) is 8. The van der Waals surface area contributed by atoms with Gasteiger partial charge < -0.3 is 19.7 Å². The molecule has 0 aliphatic carbocycles. The number of nitrogens with zero attached hydrogens (tertiary/aromatic N) is 5. The molecular formula is C22H38N6O2S. The summed E-state index contributed by atoms with van der Waals surface area (Å²) in [6, 6.07) is 4.31. The highest BCUT2D eigenvalue weighted by atomic mass is 32.2. The maximum Gasteiger partial charge on any atom is 0.210 e. The van der Waals surface area contributed by atoms with Gasteiger partial charge in [0.2, 0.25) is 5.85 Å². The monoisotopic (exact) mass is 450 g/mol. The number of aliphatic hydroxyl groups is 1. The summed E-state index contributed by atoms with van der Waals surface area (Å²) in [5.74, 6) is 1.25. The summed E-state index contributed by atoms with van der Waals surface area (Å²) in [4.78, 5) is 15.7. The lowest BCUT2D eigenvalue weighted by atomic mass is 9.83. The third kappa shape index (κ3) is 3.49. The van der Waals surface area contributed by atoms with Crippen molar-refractivity contribution in [2.75, 3.05) is 97.7 Å². The van der Waals surface area contributed by atoms with Crippen LogP contribution in [0.4, 0.5) is 0 Å². The van der Waals surface area contributed by atoms with Gasteiger partial charge in [0.15, 0.2) is 0 Å². The Morgan fingerprint density at radius 1 is 0.968 bits per heavy atom. The molecule has 0 bridgehead atoms. The van der Waals surface area contributed by atoms with Crippen LogP contribution in [-0.2, 0) is 4.74 Å². The zero-order chi connectivity index (χ0) is 21.5. The minimum absolute atomic E-state index is 0.161. The molecule has 0 saturated carbocycles. The molecular weight excluding hydrogens is 412 g/mol. The number of H-pyrrole nitrogens is 1. The number of piperazine rings is 1. The summed E-state index contributed by atoms with van der Waals surface area (Å²) in [6.07, 6.45) is 2.03. The quantitative estimate of drug-likeness (QED) is 0.666. The second-order valence-electron chi connectivity index (χ2n) is 9.41. The van der Waals surface area contributed by atoms with Crippen LogP contribution in [0.5, 0.6) is 0 Å². The molecule has 4 fully saturated rings. The number of aromatic nitrogens is 1. The first-order valence-corrected chi connectivity index (χ1v) is 12.9. The smallest absolute Gasteiger partial charge is 0.210 e. The molecule has 4 saturated heterocycles. The van der Waals surface area contributed by atoms with Crippen molar-refractivity contribution in [3.05, 3.63) is 24.0 Å². The Bertz CT molecular complexity index is 718. The third-order valence-corrected chi connectivity index (χ3v) is 8.84. The molecule has 1 aromatic heterocycles. The molecule has 5 rings (SSSR count). The lowest BCUT2D eigenvalue weighted by molar-refractivity contribution is -0.303. The fourth-order valence-corrected chi connectivity index (χ4v) is 7.29. The molecule has 0 spiro atoms. The van der Waals surface area contributed by atoms with Gasteiger partial charge in [-0.3, -0.25) is 19.6 Å². The Morgan fingerprint density at radius 2 is 1.65 bits per heavy atom. The van der Waals surface area contributed by atoms with Gasteiger partial charge in [-0.1, -0.05) is 0 Å². The van der Waals surface area contributed by atoms with E-state index in [0.717, 1.165) is 83.6 Å². The number of aromatic amines is 1. The molecule has 1 aromatic rings. The van der Waals surface area contributed by atoms with Gasteiger partial charge in [-0.15, -0.1) is 0 Å². The van der Waals surface area contributed by atoms with Crippen molar-refractivity contribution in [3.8, 4) is 0 Å². The first-order valence-electron chi connectivity index (χ1n) is 11.7. The van der Waals surface area contributed by atoms with Gasteiger partial charge in [0.05, 0.1) is 13.2 Å². The maximum atomic E-state index is 12.9. The number of morpholine rings is 1. The Labute approximate surface area is 190 Å². The van der Waals surface area contributed by atoms with Gasteiger partial charge in [0, 0.05) is 88.2 Å². The highest BCUT2D eigenvalue weighted by molar-refractivity contribution is 7.99. The molecule has 3 unspecified atom stereocenters. The summed E-state index contributed by atoms with van der Waals surface area (Å²) in [6.45, 7) is 9.79. The SMILES string of the molecule is CN1CCN(C2(N3CCOCC3)C(c3ccc[nH]3)CN(C)C2(O)N2CCSCC2)CC1. The van der Waals surface area contributed by atoms with Gasteiger partial charge in [0.25, 0.3) is 0 Å². The molecule has 0 radical (unpaired) electrons. The predicted octanol–water partition coefficient (Wildman–Crippen LogP) is 0.0145. The Balaban J connectivity index is 1.67. The lowest BCUT2D eigenvalue weighted by Crippen LogP contribution is -2.82. The van der Waals surface area contributed by atoms with Crippen LogP contribution in [0.15, 0.2) is 18.3 Å². The van der Waals surface area contributed by atoms with Gasteiger partial charge in [-0.2, -0.15) is 11.8 Å². The average molecular weight is 451 g/mol. The third-order valence-electron chi connectivity index (χ3n) is 7.90. The van der Waals surface area contributed by atoms with E-state index in [9.17, 15) is 5.11 Å². The summed E-state index contributed by atoms with van der Waals surface area (Å²) in [5, 5.41) is 12.9. The Kier molecular flexibility index (Phi) is 6.39. The van der Waals surface area contributed by atoms with Crippen molar-refractivity contribution in [1.29, 1.82) is 0 Å². The van der Waals surface area contributed by atoms with Crippen LogP contribution in [0.2, 0.25) is 0 Å². The normalized spacial score (nSPS) is 38.1. The van der Waals surface area contributed by atoms with Crippen LogP contribution >= 0.6 is 11.8 Å². The van der Waals surface area contributed by atoms with E-state index >= 15 is 0 Å². The number of rotatable bonds is 4. The molecule has 5 heterocycles. The fraction of sp³-hybridized carbons (Fsp3) is 0.818. The molecule has 0 aromatic carbocycles. The van der Waals surface area contributed by atoms with Crippen LogP contribution in [0.3, 0.4) is 0 Å². The van der Waals surface area contributed by atoms with E-state index in [2.05, 4.69) is 55.7 Å². The van der Waals surface area contributed by atoms with E-state index in [1.807, 2.05) is 18.0 Å². The van der Waals surface area contributed by atoms with Crippen molar-refractivity contribution < 1.29 is 9.84 Å². The van der Waals surface area contributed by atoms with Crippen LogP contribution in [0.1, 0.15) is 11.6 Å². The molecule has 4 aliphatic rings. The van der Waals surface area contributed by atoms with E-state index in [4.69, 9.17) is 4.74 Å². The standard InChI is InChI=1S/C22H38N6O2S/c1-24-6-8-26(9-7-24)21(27-10-14-30-15-11-27)19(20-4-3-5-23-20)18-25(2)22(21,29)28-12-16-31-17-13-28/h3-5,19,23,29H,6-18H2,1-2H3. The van der Waals surface area contributed by atoms with Crippen LogP contribution in [-0.4, -0.2) is 144 Å². The van der Waals surface area contributed by atoms with Crippen molar-refractivity contribution in [3.63, 3.8) is 0 Å². The van der Waals surface area contributed by atoms with E-state index in [-0.39, 0.29) is 5.92 Å². The molecule has 9 heteroatoms.